The Balaban J connectivity index is 1.38. The predicted molar refractivity (Wildman–Crippen MR) is 123 cm³/mol. The first-order valence-electron chi connectivity index (χ1n) is 10.6. The smallest absolute Gasteiger partial charge is 0.100 e. The zero-order valence-electron chi connectivity index (χ0n) is 16.2. The summed E-state index contributed by atoms with van der Waals surface area (Å²) in [6, 6.07) is 15.7. The van der Waals surface area contributed by atoms with Gasteiger partial charge in [0.2, 0.25) is 0 Å². The van der Waals surface area contributed by atoms with Crippen LogP contribution in [0, 0.1) is 20.8 Å². The summed E-state index contributed by atoms with van der Waals surface area (Å²) in [5.41, 5.74) is 7.39. The zero-order valence-corrected chi connectivity index (χ0v) is 18.4. The number of aryl methyl sites for hydroxylation is 1. The molecule has 28 heavy (non-hydrogen) atoms. The molecule has 3 aliphatic rings. The van der Waals surface area contributed by atoms with Crippen molar-refractivity contribution in [1.29, 1.82) is 0 Å². The molecule has 3 aliphatic carbocycles. The van der Waals surface area contributed by atoms with Gasteiger partial charge in [0, 0.05) is 14.7 Å². The van der Waals surface area contributed by atoms with Gasteiger partial charge in [-0.2, -0.15) is 0 Å². The normalized spacial score (nSPS) is 31.2. The summed E-state index contributed by atoms with van der Waals surface area (Å²) in [5, 5.41) is 0. The van der Waals surface area contributed by atoms with E-state index in [9.17, 15) is 0 Å². The molecule has 1 fully saturated rings. The Bertz CT molecular complexity index is 1110. The van der Waals surface area contributed by atoms with E-state index >= 15 is 0 Å². The Morgan fingerprint density at radius 3 is 2.96 bits per heavy atom. The average molecular weight is 480 g/mol. The van der Waals surface area contributed by atoms with Gasteiger partial charge in [-0.25, -0.2) is 4.98 Å². The molecule has 0 saturated heterocycles. The van der Waals surface area contributed by atoms with Gasteiger partial charge in [0.25, 0.3) is 0 Å². The van der Waals surface area contributed by atoms with Crippen LogP contribution in [0.1, 0.15) is 49.7 Å². The maximum atomic E-state index is 4.67. The monoisotopic (exact) mass is 480 g/mol. The molecule has 0 bridgehead atoms. The van der Waals surface area contributed by atoms with E-state index in [-0.39, 0.29) is 5.41 Å². The summed E-state index contributed by atoms with van der Waals surface area (Å²) in [4.78, 5) is 4.67. The topological polar surface area (TPSA) is 17.8 Å². The van der Waals surface area contributed by atoms with Crippen LogP contribution >= 0.6 is 22.6 Å². The van der Waals surface area contributed by atoms with Crippen molar-refractivity contribution in [2.75, 3.05) is 0 Å². The van der Waals surface area contributed by atoms with E-state index in [0.29, 0.717) is 0 Å². The van der Waals surface area contributed by atoms with Gasteiger partial charge in [0.05, 0.1) is 11.0 Å². The molecular weight excluding hydrogens is 455 g/mol. The van der Waals surface area contributed by atoms with E-state index < -0.39 is 0 Å². The second-order valence-corrected chi connectivity index (χ2v) is 10.4. The minimum Gasteiger partial charge on any atom is -0.302 e. The van der Waals surface area contributed by atoms with Crippen molar-refractivity contribution in [2.45, 2.75) is 44.9 Å². The highest BCUT2D eigenvalue weighted by Gasteiger charge is 2.52. The Labute approximate surface area is 180 Å². The quantitative estimate of drug-likeness (QED) is 0.357. The number of halogens is 1. The van der Waals surface area contributed by atoms with Crippen molar-refractivity contribution in [3.8, 4) is 0 Å². The lowest BCUT2D eigenvalue weighted by Crippen LogP contribution is -2.41. The third kappa shape index (κ3) is 2.35. The molecule has 142 valence electrons. The van der Waals surface area contributed by atoms with Crippen molar-refractivity contribution < 1.29 is 0 Å². The van der Waals surface area contributed by atoms with E-state index in [1.54, 1.807) is 11.1 Å². The largest absolute Gasteiger partial charge is 0.302 e. The molecule has 3 heteroatoms. The lowest BCUT2D eigenvalue weighted by molar-refractivity contribution is 0.0856. The Morgan fingerprint density at radius 2 is 2.04 bits per heavy atom. The molecule has 1 aromatic heterocycles. The fraction of sp³-hybridized carbons (Fsp3) is 0.400. The second kappa shape index (κ2) is 6.19. The average Bonchev–Trinajstić information content (AvgIpc) is 3.28. The summed E-state index contributed by atoms with van der Waals surface area (Å²) >= 11 is 2.46. The molecule has 0 spiro atoms. The molecule has 3 aromatic rings. The van der Waals surface area contributed by atoms with Gasteiger partial charge in [-0.1, -0.05) is 31.2 Å². The van der Waals surface area contributed by atoms with Gasteiger partial charge in [-0.15, -0.1) is 0 Å². The number of fused-ring (bicyclic) bond motifs is 6. The maximum Gasteiger partial charge on any atom is 0.100 e. The van der Waals surface area contributed by atoms with Crippen LogP contribution in [0.4, 0.5) is 0 Å². The van der Waals surface area contributed by atoms with Crippen LogP contribution in [-0.4, -0.2) is 9.55 Å². The minimum absolute atomic E-state index is 0.269. The van der Waals surface area contributed by atoms with E-state index in [1.807, 2.05) is 6.33 Å². The van der Waals surface area contributed by atoms with Gasteiger partial charge >= 0.3 is 0 Å². The standard InChI is InChI=1S/C25H25IN2/c1-25-13-12-19-18-9-7-17(26)14-16(18)6-8-20(19)21(25)10-11-24(25)28-15-27-22-4-2-3-5-23(22)28/h2-5,7,9,11,14-15,19-21H,6,8,10,12-13H2,1H3/t19?,20?,21?,25-/m0/s1. The highest BCUT2D eigenvalue weighted by atomic mass is 127. The summed E-state index contributed by atoms with van der Waals surface area (Å²) in [6.45, 7) is 2.53. The summed E-state index contributed by atoms with van der Waals surface area (Å²) < 4.78 is 3.77. The van der Waals surface area contributed by atoms with Crippen LogP contribution in [0.5, 0.6) is 0 Å². The molecule has 1 heterocycles. The van der Waals surface area contributed by atoms with Crippen LogP contribution in [0.3, 0.4) is 0 Å². The predicted octanol–water partition coefficient (Wildman–Crippen LogP) is 6.65. The first-order valence-corrected chi connectivity index (χ1v) is 11.6. The van der Waals surface area contributed by atoms with Crippen LogP contribution in [0.25, 0.3) is 16.7 Å². The Morgan fingerprint density at radius 1 is 1.14 bits per heavy atom. The number of para-hydroxylation sites is 2. The van der Waals surface area contributed by atoms with Crippen molar-refractivity contribution >= 4 is 39.3 Å². The molecule has 2 aromatic carbocycles. The first kappa shape index (κ1) is 17.3. The molecule has 0 aliphatic heterocycles. The van der Waals surface area contributed by atoms with E-state index in [4.69, 9.17) is 0 Å². The lowest BCUT2D eigenvalue weighted by Gasteiger charge is -2.50. The number of rotatable bonds is 1. The zero-order chi connectivity index (χ0) is 18.9. The molecular formula is C25H25IN2. The molecule has 0 amide bonds. The molecule has 1 saturated carbocycles. The highest BCUT2D eigenvalue weighted by molar-refractivity contribution is 14.1. The van der Waals surface area contributed by atoms with Crippen LogP contribution in [-0.2, 0) is 6.42 Å². The van der Waals surface area contributed by atoms with Gasteiger partial charge in [-0.3, -0.25) is 0 Å². The lowest BCUT2D eigenvalue weighted by atomic mass is 9.55. The second-order valence-electron chi connectivity index (χ2n) is 9.14. The van der Waals surface area contributed by atoms with E-state index in [0.717, 1.165) is 23.3 Å². The maximum absolute atomic E-state index is 4.67. The SMILES string of the molecule is C[C@]12CCC3c4ccc(I)cc4CCC3C1CC=C2n1cnc2ccccc21. The van der Waals surface area contributed by atoms with Crippen molar-refractivity contribution in [3.63, 3.8) is 0 Å². The number of aromatic nitrogens is 2. The molecule has 0 radical (unpaired) electrons. The Kier molecular flexibility index (Phi) is 3.81. The number of benzene rings is 2. The molecule has 0 N–H and O–H groups in total. The third-order valence-corrected chi connectivity index (χ3v) is 8.61. The fourth-order valence-corrected chi connectivity index (χ4v) is 7.18. The third-order valence-electron chi connectivity index (χ3n) is 7.94. The van der Waals surface area contributed by atoms with E-state index in [1.165, 1.54) is 46.9 Å². The fourth-order valence-electron chi connectivity index (χ4n) is 6.62. The Hall–Kier alpha value is -1.62. The number of nitrogens with zero attached hydrogens (tertiary/aromatic N) is 2. The van der Waals surface area contributed by atoms with Gasteiger partial charge in [-0.05, 0) is 108 Å². The van der Waals surface area contributed by atoms with Gasteiger partial charge < -0.3 is 4.57 Å². The highest BCUT2D eigenvalue weighted by Crippen LogP contribution is 2.62. The molecule has 2 nitrogen and oxygen atoms in total. The van der Waals surface area contributed by atoms with Crippen molar-refractivity contribution in [3.05, 3.63) is 69.6 Å². The van der Waals surface area contributed by atoms with Crippen LogP contribution in [0.15, 0.2) is 54.9 Å². The van der Waals surface area contributed by atoms with E-state index in [2.05, 4.69) is 87.6 Å². The van der Waals surface area contributed by atoms with Crippen LogP contribution in [0.2, 0.25) is 0 Å². The molecule has 6 rings (SSSR count). The van der Waals surface area contributed by atoms with Crippen molar-refractivity contribution in [2.24, 2.45) is 17.3 Å². The van der Waals surface area contributed by atoms with Crippen molar-refractivity contribution in [1.82, 2.24) is 9.55 Å². The van der Waals surface area contributed by atoms with Gasteiger partial charge in [0.15, 0.2) is 0 Å². The summed E-state index contributed by atoms with van der Waals surface area (Å²) in [5.74, 6) is 2.33. The first-order chi connectivity index (χ1) is 13.6. The summed E-state index contributed by atoms with van der Waals surface area (Å²) in [6.07, 6.45) is 11.0. The number of imidazole rings is 1. The number of allylic oxidation sites excluding steroid dienone is 2. The molecule has 3 unspecified atom stereocenters. The number of hydrogen-bond donors (Lipinski definition) is 0. The molecule has 4 atom stereocenters. The number of hydrogen-bond acceptors (Lipinski definition) is 1. The summed E-state index contributed by atoms with van der Waals surface area (Å²) in [7, 11) is 0. The minimum atomic E-state index is 0.269. The van der Waals surface area contributed by atoms with Crippen LogP contribution < -0.4 is 0 Å². The van der Waals surface area contributed by atoms with Gasteiger partial charge in [0.1, 0.15) is 6.33 Å².